The largest absolute Gasteiger partial charge is 0.503 e. The Bertz CT molecular complexity index is 828. The van der Waals surface area contributed by atoms with Gasteiger partial charge in [-0.15, -0.1) is 0 Å². The van der Waals surface area contributed by atoms with Crippen molar-refractivity contribution >= 4 is 5.97 Å². The van der Waals surface area contributed by atoms with Crippen LogP contribution in [0, 0.1) is 0 Å². The molecule has 0 fully saturated rings. The summed E-state index contributed by atoms with van der Waals surface area (Å²) in [6, 6.07) is 8.71. The first-order valence-electron chi connectivity index (χ1n) is 7.91. The molecule has 1 unspecified atom stereocenters. The number of hydrogen-bond donors (Lipinski definition) is 2. The molecule has 2 aromatic rings. The first kappa shape index (κ1) is 16.3. The van der Waals surface area contributed by atoms with E-state index in [0.717, 1.165) is 19.5 Å². The topological polar surface area (TPSA) is 82.8 Å². The second-order valence-corrected chi connectivity index (χ2v) is 6.17. The van der Waals surface area contributed by atoms with Crippen molar-refractivity contribution in [1.29, 1.82) is 0 Å². The second-order valence-electron chi connectivity index (χ2n) is 6.17. The van der Waals surface area contributed by atoms with Gasteiger partial charge in [0.1, 0.15) is 6.04 Å². The number of carbonyl (C=O) groups is 1. The Hall–Kier alpha value is -2.60. The maximum absolute atomic E-state index is 11.8. The number of nitrogens with zero attached hydrogens (tertiary/aromatic N) is 2. The van der Waals surface area contributed by atoms with Crippen LogP contribution < -0.4 is 5.43 Å². The zero-order chi connectivity index (χ0) is 17.3. The van der Waals surface area contributed by atoms with Gasteiger partial charge in [-0.25, -0.2) is 4.79 Å². The second kappa shape index (κ2) is 6.49. The number of aliphatic carboxylic acids is 1. The molecule has 1 aliphatic rings. The van der Waals surface area contributed by atoms with E-state index in [-0.39, 0.29) is 0 Å². The monoisotopic (exact) mass is 328 g/mol. The number of benzene rings is 1. The number of rotatable bonds is 4. The molecule has 1 aromatic carbocycles. The van der Waals surface area contributed by atoms with E-state index in [1.165, 1.54) is 34.9 Å². The molecule has 0 bridgehead atoms. The summed E-state index contributed by atoms with van der Waals surface area (Å²) in [7, 11) is 0. The molecule has 0 amide bonds. The number of hydrogen-bond acceptors (Lipinski definition) is 4. The molecule has 0 spiro atoms. The van der Waals surface area contributed by atoms with E-state index < -0.39 is 23.2 Å². The number of carboxylic acids is 1. The SMILES string of the molecule is CC(C(=O)O)n1cc(O)c(=O)cc1CN1CCc2ccccc2C1. The van der Waals surface area contributed by atoms with Crippen LogP contribution in [0.5, 0.6) is 5.75 Å². The van der Waals surface area contributed by atoms with Crippen molar-refractivity contribution in [2.75, 3.05) is 6.54 Å². The molecule has 3 rings (SSSR count). The third-order valence-corrected chi connectivity index (χ3v) is 4.51. The number of carboxylic acid groups (broad SMARTS) is 1. The predicted octanol–water partition coefficient (Wildman–Crippen LogP) is 1.76. The molecule has 0 aliphatic carbocycles. The Morgan fingerprint density at radius 1 is 1.29 bits per heavy atom. The number of aromatic nitrogens is 1. The van der Waals surface area contributed by atoms with E-state index in [0.29, 0.717) is 12.2 Å². The molecule has 126 valence electrons. The maximum Gasteiger partial charge on any atom is 0.326 e. The summed E-state index contributed by atoms with van der Waals surface area (Å²) in [4.78, 5) is 25.3. The van der Waals surface area contributed by atoms with Crippen LogP contribution in [0.1, 0.15) is 29.8 Å². The molecule has 0 radical (unpaired) electrons. The molecule has 2 N–H and O–H groups in total. The fourth-order valence-corrected chi connectivity index (χ4v) is 3.10. The van der Waals surface area contributed by atoms with Crippen LogP contribution >= 0.6 is 0 Å². The molecular weight excluding hydrogens is 308 g/mol. The first-order chi connectivity index (χ1) is 11.5. The summed E-state index contributed by atoms with van der Waals surface area (Å²) >= 11 is 0. The van der Waals surface area contributed by atoms with Crippen molar-refractivity contribution in [2.45, 2.75) is 32.5 Å². The third-order valence-electron chi connectivity index (χ3n) is 4.51. The summed E-state index contributed by atoms with van der Waals surface area (Å²) in [5.74, 6) is -1.45. The number of pyridine rings is 1. The highest BCUT2D eigenvalue weighted by atomic mass is 16.4. The lowest BCUT2D eigenvalue weighted by Crippen LogP contribution is -2.32. The highest BCUT2D eigenvalue weighted by Crippen LogP contribution is 2.21. The summed E-state index contributed by atoms with van der Waals surface area (Å²) in [6.07, 6.45) is 2.14. The molecule has 6 heteroatoms. The fraction of sp³-hybridized carbons (Fsp3) is 0.333. The van der Waals surface area contributed by atoms with Crippen molar-refractivity contribution in [2.24, 2.45) is 0 Å². The minimum atomic E-state index is -1.01. The third kappa shape index (κ3) is 3.19. The Labute approximate surface area is 139 Å². The molecule has 6 nitrogen and oxygen atoms in total. The summed E-state index contributed by atoms with van der Waals surface area (Å²) < 4.78 is 1.46. The van der Waals surface area contributed by atoms with Gasteiger partial charge in [-0.05, 0) is 24.5 Å². The van der Waals surface area contributed by atoms with E-state index in [1.54, 1.807) is 0 Å². The van der Waals surface area contributed by atoms with Crippen LogP contribution in [-0.2, 0) is 24.3 Å². The molecule has 0 saturated heterocycles. The van der Waals surface area contributed by atoms with Gasteiger partial charge in [0.25, 0.3) is 0 Å². The van der Waals surface area contributed by atoms with Gasteiger partial charge in [-0.3, -0.25) is 9.69 Å². The van der Waals surface area contributed by atoms with Gasteiger partial charge in [0.2, 0.25) is 5.43 Å². The lowest BCUT2D eigenvalue weighted by Gasteiger charge is -2.30. The smallest absolute Gasteiger partial charge is 0.326 e. The van der Waals surface area contributed by atoms with Crippen LogP contribution in [-0.4, -0.2) is 32.2 Å². The van der Waals surface area contributed by atoms with Crippen LogP contribution in [0.3, 0.4) is 0 Å². The van der Waals surface area contributed by atoms with E-state index in [9.17, 15) is 19.8 Å². The molecule has 1 aromatic heterocycles. The minimum Gasteiger partial charge on any atom is -0.503 e. The molecule has 24 heavy (non-hydrogen) atoms. The summed E-state index contributed by atoms with van der Waals surface area (Å²) in [5.41, 5.74) is 2.68. The zero-order valence-corrected chi connectivity index (χ0v) is 13.5. The standard InChI is InChI=1S/C18H20N2O4/c1-12(18(23)24)20-11-17(22)16(21)8-15(20)10-19-7-6-13-4-2-3-5-14(13)9-19/h2-5,8,11-12,22H,6-7,9-10H2,1H3,(H,23,24). The number of aromatic hydroxyl groups is 1. The Balaban J connectivity index is 1.89. The first-order valence-corrected chi connectivity index (χ1v) is 7.91. The highest BCUT2D eigenvalue weighted by molar-refractivity contribution is 5.71. The van der Waals surface area contributed by atoms with Gasteiger partial charge in [0.05, 0.1) is 6.20 Å². The van der Waals surface area contributed by atoms with Crippen LogP contribution in [0.25, 0.3) is 0 Å². The normalized spacial score (nSPS) is 15.7. The van der Waals surface area contributed by atoms with Gasteiger partial charge in [0.15, 0.2) is 5.75 Å². The van der Waals surface area contributed by atoms with Crippen LogP contribution in [0.15, 0.2) is 41.3 Å². The van der Waals surface area contributed by atoms with E-state index in [2.05, 4.69) is 17.0 Å². The van der Waals surface area contributed by atoms with Crippen molar-refractivity contribution in [1.82, 2.24) is 9.47 Å². The Morgan fingerprint density at radius 3 is 2.71 bits per heavy atom. The quantitative estimate of drug-likeness (QED) is 0.893. The van der Waals surface area contributed by atoms with Crippen LogP contribution in [0.2, 0.25) is 0 Å². The molecular formula is C18H20N2O4. The van der Waals surface area contributed by atoms with Gasteiger partial charge >= 0.3 is 5.97 Å². The van der Waals surface area contributed by atoms with Gasteiger partial charge < -0.3 is 14.8 Å². The average Bonchev–Trinajstić information content (AvgIpc) is 2.57. The van der Waals surface area contributed by atoms with Gasteiger partial charge in [-0.1, -0.05) is 24.3 Å². The predicted molar refractivity (Wildman–Crippen MR) is 89.0 cm³/mol. The van der Waals surface area contributed by atoms with Crippen molar-refractivity contribution in [3.8, 4) is 5.75 Å². The molecule has 1 atom stereocenters. The zero-order valence-electron chi connectivity index (χ0n) is 13.5. The number of fused-ring (bicyclic) bond motifs is 1. The maximum atomic E-state index is 11.8. The average molecular weight is 328 g/mol. The van der Waals surface area contributed by atoms with E-state index in [4.69, 9.17) is 0 Å². The minimum absolute atomic E-state index is 0.434. The van der Waals surface area contributed by atoms with Crippen molar-refractivity contribution in [3.05, 3.63) is 63.6 Å². The summed E-state index contributed by atoms with van der Waals surface area (Å²) in [5, 5.41) is 18.9. The van der Waals surface area contributed by atoms with Crippen LogP contribution in [0.4, 0.5) is 0 Å². The summed E-state index contributed by atoms with van der Waals surface area (Å²) in [6.45, 7) is 3.59. The van der Waals surface area contributed by atoms with E-state index >= 15 is 0 Å². The van der Waals surface area contributed by atoms with E-state index in [1.807, 2.05) is 12.1 Å². The van der Waals surface area contributed by atoms with Gasteiger partial charge in [0, 0.05) is 31.4 Å². The fourth-order valence-electron chi connectivity index (χ4n) is 3.10. The molecule has 1 aliphatic heterocycles. The molecule has 0 saturated carbocycles. The molecule has 2 heterocycles. The lowest BCUT2D eigenvalue weighted by molar-refractivity contribution is -0.140. The lowest BCUT2D eigenvalue weighted by atomic mass is 10.00. The Kier molecular flexibility index (Phi) is 4.40. The highest BCUT2D eigenvalue weighted by Gasteiger charge is 2.21. The van der Waals surface area contributed by atoms with Crippen molar-refractivity contribution < 1.29 is 15.0 Å². The van der Waals surface area contributed by atoms with Crippen molar-refractivity contribution in [3.63, 3.8) is 0 Å². The van der Waals surface area contributed by atoms with Gasteiger partial charge in [-0.2, -0.15) is 0 Å². The Morgan fingerprint density at radius 2 is 2.00 bits per heavy atom.